The molecule has 14 heavy (non-hydrogen) atoms. The van der Waals surface area contributed by atoms with Gasteiger partial charge in [0.2, 0.25) is 0 Å². The summed E-state index contributed by atoms with van der Waals surface area (Å²) in [4.78, 5) is 5.58. The van der Waals surface area contributed by atoms with Crippen LogP contribution in [-0.2, 0) is 0 Å². The molecule has 0 atom stereocenters. The second-order valence-corrected chi connectivity index (χ2v) is 4.23. The molecular formula is C11H19N3. The molecule has 3 N–H and O–H groups in total. The van der Waals surface area contributed by atoms with Crippen molar-refractivity contribution in [2.45, 2.75) is 37.8 Å². The van der Waals surface area contributed by atoms with Gasteiger partial charge in [0.15, 0.2) is 0 Å². The number of anilines is 1. The molecule has 0 aliphatic heterocycles. The quantitative estimate of drug-likeness (QED) is 0.751. The number of nitrogens with one attached hydrogen (secondary N) is 1. The highest BCUT2D eigenvalue weighted by atomic mass is 15.2. The van der Waals surface area contributed by atoms with Gasteiger partial charge in [0.05, 0.1) is 0 Å². The Labute approximate surface area is 85.3 Å². The molecule has 0 spiro atoms. The summed E-state index contributed by atoms with van der Waals surface area (Å²) < 4.78 is 0. The van der Waals surface area contributed by atoms with Crippen LogP contribution in [0.3, 0.4) is 0 Å². The minimum Gasteiger partial charge on any atom is -0.358 e. The molecule has 1 aliphatic rings. The summed E-state index contributed by atoms with van der Waals surface area (Å²) in [6, 6.07) is 5.26. The van der Waals surface area contributed by atoms with Crippen molar-refractivity contribution in [3.63, 3.8) is 0 Å². The van der Waals surface area contributed by atoms with E-state index in [1.54, 1.807) is 0 Å². The number of H-pyrrole nitrogens is 1. The van der Waals surface area contributed by atoms with Gasteiger partial charge in [0, 0.05) is 25.3 Å². The molecule has 0 amide bonds. The van der Waals surface area contributed by atoms with Crippen LogP contribution >= 0.6 is 0 Å². The van der Waals surface area contributed by atoms with E-state index in [1.165, 1.54) is 18.7 Å². The zero-order valence-corrected chi connectivity index (χ0v) is 8.74. The zero-order chi connectivity index (χ0) is 9.97. The van der Waals surface area contributed by atoms with Gasteiger partial charge >= 0.3 is 0 Å². The van der Waals surface area contributed by atoms with Crippen molar-refractivity contribution in [2.24, 2.45) is 5.73 Å². The van der Waals surface area contributed by atoms with Gasteiger partial charge in [-0.15, -0.1) is 0 Å². The second kappa shape index (κ2) is 4.05. The van der Waals surface area contributed by atoms with Gasteiger partial charge in [-0.3, -0.25) is 0 Å². The Bertz CT molecular complexity index is 260. The number of rotatable bonds is 2. The topological polar surface area (TPSA) is 45.0 Å². The minimum atomic E-state index is 0.434. The molecule has 3 nitrogen and oxygen atoms in total. The first-order valence-electron chi connectivity index (χ1n) is 5.39. The Morgan fingerprint density at radius 3 is 2.64 bits per heavy atom. The maximum absolute atomic E-state index is 5.89. The van der Waals surface area contributed by atoms with E-state index in [9.17, 15) is 0 Å². The SMILES string of the molecule is CN(c1ccc[nH]1)C1CCC(N)CC1. The van der Waals surface area contributed by atoms with Gasteiger partial charge in [-0.05, 0) is 37.8 Å². The Hall–Kier alpha value is -0.960. The highest BCUT2D eigenvalue weighted by Crippen LogP contribution is 2.24. The lowest BCUT2D eigenvalue weighted by Crippen LogP contribution is -2.38. The van der Waals surface area contributed by atoms with Crippen molar-refractivity contribution in [3.05, 3.63) is 18.3 Å². The molecule has 78 valence electrons. The molecule has 0 saturated heterocycles. The van der Waals surface area contributed by atoms with Crippen molar-refractivity contribution in [2.75, 3.05) is 11.9 Å². The average Bonchev–Trinajstić information content (AvgIpc) is 2.71. The summed E-state index contributed by atoms with van der Waals surface area (Å²) in [7, 11) is 2.16. The van der Waals surface area contributed by atoms with Gasteiger partial charge in [0.1, 0.15) is 5.82 Å². The van der Waals surface area contributed by atoms with Gasteiger partial charge in [-0.1, -0.05) is 0 Å². The van der Waals surface area contributed by atoms with Crippen molar-refractivity contribution < 1.29 is 0 Å². The van der Waals surface area contributed by atoms with Gasteiger partial charge in [0.25, 0.3) is 0 Å². The van der Waals surface area contributed by atoms with Gasteiger partial charge < -0.3 is 15.6 Å². The van der Waals surface area contributed by atoms with E-state index >= 15 is 0 Å². The predicted molar refractivity (Wildman–Crippen MR) is 59.4 cm³/mol. The van der Waals surface area contributed by atoms with Crippen molar-refractivity contribution in [1.29, 1.82) is 0 Å². The molecule has 1 aromatic rings. The molecule has 1 aliphatic carbocycles. The first kappa shape index (κ1) is 9.59. The minimum absolute atomic E-state index is 0.434. The summed E-state index contributed by atoms with van der Waals surface area (Å²) in [6.45, 7) is 0. The molecule has 0 aromatic carbocycles. The average molecular weight is 193 g/mol. The van der Waals surface area contributed by atoms with E-state index in [-0.39, 0.29) is 0 Å². The molecule has 0 bridgehead atoms. The third kappa shape index (κ3) is 1.93. The molecule has 1 aromatic heterocycles. The summed E-state index contributed by atoms with van der Waals surface area (Å²) in [6.07, 6.45) is 6.74. The summed E-state index contributed by atoms with van der Waals surface area (Å²) >= 11 is 0. The molecule has 1 saturated carbocycles. The third-order valence-electron chi connectivity index (χ3n) is 3.25. The number of nitrogens with two attached hydrogens (primary N) is 1. The molecule has 0 radical (unpaired) electrons. The van der Waals surface area contributed by atoms with Crippen molar-refractivity contribution in [1.82, 2.24) is 4.98 Å². The van der Waals surface area contributed by atoms with E-state index < -0.39 is 0 Å². The molecule has 2 rings (SSSR count). The number of aromatic amines is 1. The number of aromatic nitrogens is 1. The van der Waals surface area contributed by atoms with Crippen LogP contribution < -0.4 is 10.6 Å². The first-order valence-corrected chi connectivity index (χ1v) is 5.39. The summed E-state index contributed by atoms with van der Waals surface area (Å²) in [5.41, 5.74) is 5.89. The third-order valence-corrected chi connectivity index (χ3v) is 3.25. The van der Waals surface area contributed by atoms with E-state index in [1.807, 2.05) is 12.3 Å². The maximum atomic E-state index is 5.89. The van der Waals surface area contributed by atoms with Crippen molar-refractivity contribution >= 4 is 5.82 Å². The Balaban J connectivity index is 1.95. The molecular weight excluding hydrogens is 174 g/mol. The highest BCUT2D eigenvalue weighted by Gasteiger charge is 2.22. The summed E-state index contributed by atoms with van der Waals surface area (Å²) in [5.74, 6) is 1.21. The van der Waals surface area contributed by atoms with Crippen LogP contribution in [0.2, 0.25) is 0 Å². The van der Waals surface area contributed by atoms with Crippen LogP contribution in [0, 0.1) is 0 Å². The van der Waals surface area contributed by atoms with Gasteiger partial charge in [-0.25, -0.2) is 0 Å². The lowest BCUT2D eigenvalue weighted by Gasteiger charge is -2.34. The zero-order valence-electron chi connectivity index (χ0n) is 8.74. The Morgan fingerprint density at radius 2 is 2.07 bits per heavy atom. The number of hydrogen-bond acceptors (Lipinski definition) is 2. The first-order chi connectivity index (χ1) is 6.77. The van der Waals surface area contributed by atoms with E-state index in [0.29, 0.717) is 12.1 Å². The normalized spacial score (nSPS) is 27.6. The maximum Gasteiger partial charge on any atom is 0.105 e. The van der Waals surface area contributed by atoms with E-state index in [4.69, 9.17) is 5.73 Å². The highest BCUT2D eigenvalue weighted by molar-refractivity contribution is 5.38. The fourth-order valence-corrected chi connectivity index (χ4v) is 2.23. The molecule has 1 heterocycles. The van der Waals surface area contributed by atoms with Gasteiger partial charge in [-0.2, -0.15) is 0 Å². The standard InChI is InChI=1S/C11H19N3/c1-14(11-3-2-8-13-11)10-6-4-9(12)5-7-10/h2-3,8-10,13H,4-7,12H2,1H3. The van der Waals surface area contributed by atoms with Crippen LogP contribution in [0.1, 0.15) is 25.7 Å². The van der Waals surface area contributed by atoms with Crippen LogP contribution in [-0.4, -0.2) is 24.1 Å². The predicted octanol–water partition coefficient (Wildman–Crippen LogP) is 1.72. The lowest BCUT2D eigenvalue weighted by atomic mass is 9.91. The molecule has 3 heteroatoms. The largest absolute Gasteiger partial charge is 0.358 e. The molecule has 1 fully saturated rings. The van der Waals surface area contributed by atoms with Crippen LogP contribution in [0.4, 0.5) is 5.82 Å². The summed E-state index contributed by atoms with van der Waals surface area (Å²) in [5, 5.41) is 0. The Kier molecular flexibility index (Phi) is 2.77. The second-order valence-electron chi connectivity index (χ2n) is 4.23. The fourth-order valence-electron chi connectivity index (χ4n) is 2.23. The fraction of sp³-hybridized carbons (Fsp3) is 0.636. The van der Waals surface area contributed by atoms with Crippen LogP contribution in [0.25, 0.3) is 0 Å². The van der Waals surface area contributed by atoms with Crippen LogP contribution in [0.15, 0.2) is 18.3 Å². The smallest absolute Gasteiger partial charge is 0.105 e. The monoisotopic (exact) mass is 193 g/mol. The van der Waals surface area contributed by atoms with E-state index in [0.717, 1.165) is 12.8 Å². The Morgan fingerprint density at radius 1 is 1.36 bits per heavy atom. The van der Waals surface area contributed by atoms with E-state index in [2.05, 4.69) is 23.0 Å². The lowest BCUT2D eigenvalue weighted by molar-refractivity contribution is 0.384. The molecule has 0 unspecified atom stereocenters. The number of nitrogens with zero attached hydrogens (tertiary/aromatic N) is 1. The van der Waals surface area contributed by atoms with Crippen LogP contribution in [0.5, 0.6) is 0 Å². The number of hydrogen-bond donors (Lipinski definition) is 2. The van der Waals surface area contributed by atoms with Crippen molar-refractivity contribution in [3.8, 4) is 0 Å².